The van der Waals surface area contributed by atoms with E-state index in [-0.39, 0.29) is 18.3 Å². The molecule has 1 aliphatic carbocycles. The number of rotatable bonds is 5. The van der Waals surface area contributed by atoms with Crippen molar-refractivity contribution in [1.29, 1.82) is 0 Å². The van der Waals surface area contributed by atoms with Gasteiger partial charge in [-0.1, -0.05) is 31.9 Å². The van der Waals surface area contributed by atoms with E-state index in [2.05, 4.69) is 11.6 Å². The lowest BCUT2D eigenvalue weighted by atomic mass is 9.74. The SMILES string of the molecule is CSc1ccccc1S(=O)(=O)NC1(CN)CCCCC1C.Cl. The lowest BCUT2D eigenvalue weighted by molar-refractivity contribution is 0.191. The van der Waals surface area contributed by atoms with Crippen LogP contribution < -0.4 is 10.5 Å². The molecule has 0 amide bonds. The van der Waals surface area contributed by atoms with Gasteiger partial charge in [0, 0.05) is 17.0 Å². The molecule has 7 heteroatoms. The Morgan fingerprint density at radius 3 is 2.64 bits per heavy atom. The number of halogens is 1. The molecule has 1 aromatic carbocycles. The monoisotopic (exact) mass is 364 g/mol. The molecule has 0 saturated heterocycles. The molecule has 0 radical (unpaired) electrons. The Hall–Kier alpha value is -0.270. The fraction of sp³-hybridized carbons (Fsp3) is 0.600. The predicted molar refractivity (Wildman–Crippen MR) is 95.2 cm³/mol. The van der Waals surface area contributed by atoms with Crippen LogP contribution in [0.15, 0.2) is 34.1 Å². The van der Waals surface area contributed by atoms with E-state index < -0.39 is 15.6 Å². The Morgan fingerprint density at radius 1 is 1.36 bits per heavy atom. The molecule has 0 aromatic heterocycles. The molecule has 2 atom stereocenters. The Labute approximate surface area is 144 Å². The standard InChI is InChI=1S/C15H24N2O2S2.ClH/c1-12-7-5-6-10-15(12,11-16)17-21(18,19)14-9-4-3-8-13(14)20-2;/h3-4,8-9,12,17H,5-7,10-11,16H2,1-2H3;1H. The lowest BCUT2D eigenvalue weighted by Crippen LogP contribution is -2.59. The molecule has 0 bridgehead atoms. The van der Waals surface area contributed by atoms with Crippen molar-refractivity contribution in [3.8, 4) is 0 Å². The number of hydrogen-bond acceptors (Lipinski definition) is 4. The number of hydrogen-bond donors (Lipinski definition) is 2. The summed E-state index contributed by atoms with van der Waals surface area (Å²) in [6, 6.07) is 7.10. The van der Waals surface area contributed by atoms with E-state index in [9.17, 15) is 8.42 Å². The third-order valence-electron chi connectivity index (χ3n) is 4.51. The van der Waals surface area contributed by atoms with Crippen LogP contribution in [0.5, 0.6) is 0 Å². The quantitative estimate of drug-likeness (QED) is 0.788. The second kappa shape index (κ2) is 8.02. The Morgan fingerprint density at radius 2 is 2.05 bits per heavy atom. The smallest absolute Gasteiger partial charge is 0.242 e. The Bertz CT molecular complexity index is 595. The minimum Gasteiger partial charge on any atom is -0.329 e. The number of nitrogens with one attached hydrogen (secondary N) is 1. The number of sulfonamides is 1. The molecule has 4 nitrogen and oxygen atoms in total. The van der Waals surface area contributed by atoms with Crippen LogP contribution in [0.1, 0.15) is 32.6 Å². The van der Waals surface area contributed by atoms with E-state index in [4.69, 9.17) is 5.73 Å². The highest BCUT2D eigenvalue weighted by molar-refractivity contribution is 7.99. The molecule has 1 aliphatic rings. The molecule has 22 heavy (non-hydrogen) atoms. The maximum Gasteiger partial charge on any atom is 0.242 e. The predicted octanol–water partition coefficient (Wildman–Crippen LogP) is 3.02. The molecule has 2 unspecified atom stereocenters. The number of nitrogens with two attached hydrogens (primary N) is 1. The van der Waals surface area contributed by atoms with E-state index in [0.29, 0.717) is 11.4 Å². The maximum absolute atomic E-state index is 12.8. The van der Waals surface area contributed by atoms with Crippen molar-refractivity contribution in [2.45, 2.75) is 47.9 Å². The minimum absolute atomic E-state index is 0. The molecule has 126 valence electrons. The van der Waals surface area contributed by atoms with Gasteiger partial charge < -0.3 is 5.73 Å². The summed E-state index contributed by atoms with van der Waals surface area (Å²) in [5, 5.41) is 0. The zero-order chi connectivity index (χ0) is 15.5. The van der Waals surface area contributed by atoms with Gasteiger partial charge in [0.25, 0.3) is 0 Å². The highest BCUT2D eigenvalue weighted by Crippen LogP contribution is 2.35. The van der Waals surface area contributed by atoms with Crippen LogP contribution in [0.4, 0.5) is 0 Å². The van der Waals surface area contributed by atoms with Crippen molar-refractivity contribution in [3.05, 3.63) is 24.3 Å². The van der Waals surface area contributed by atoms with Gasteiger partial charge in [0.2, 0.25) is 10.0 Å². The summed E-state index contributed by atoms with van der Waals surface area (Å²) >= 11 is 1.44. The van der Waals surface area contributed by atoms with Gasteiger partial charge in [0.15, 0.2) is 0 Å². The van der Waals surface area contributed by atoms with Gasteiger partial charge in [-0.2, -0.15) is 0 Å². The summed E-state index contributed by atoms with van der Waals surface area (Å²) in [5.41, 5.74) is 5.44. The van der Waals surface area contributed by atoms with Crippen LogP contribution >= 0.6 is 24.2 Å². The van der Waals surface area contributed by atoms with Crippen LogP contribution in [0, 0.1) is 5.92 Å². The molecule has 0 heterocycles. The Kier molecular flexibility index (Phi) is 7.20. The van der Waals surface area contributed by atoms with Crippen LogP contribution in [0.2, 0.25) is 0 Å². The summed E-state index contributed by atoms with van der Waals surface area (Å²) in [7, 11) is -3.56. The average Bonchev–Trinajstić information content (AvgIpc) is 2.49. The highest BCUT2D eigenvalue weighted by Gasteiger charge is 2.40. The average molecular weight is 365 g/mol. The normalized spacial score (nSPS) is 25.5. The highest BCUT2D eigenvalue weighted by atomic mass is 35.5. The molecular formula is C15H25ClN2O2S2. The van der Waals surface area contributed by atoms with E-state index in [0.717, 1.165) is 30.6 Å². The van der Waals surface area contributed by atoms with Gasteiger partial charge >= 0.3 is 0 Å². The first-order valence-electron chi connectivity index (χ1n) is 7.32. The lowest BCUT2D eigenvalue weighted by Gasteiger charge is -2.42. The minimum atomic E-state index is -3.56. The van der Waals surface area contributed by atoms with E-state index in [1.165, 1.54) is 11.8 Å². The molecule has 0 spiro atoms. The molecule has 2 rings (SSSR count). The van der Waals surface area contributed by atoms with Gasteiger partial charge in [-0.25, -0.2) is 13.1 Å². The van der Waals surface area contributed by atoms with Crippen molar-refractivity contribution >= 4 is 34.2 Å². The molecule has 1 saturated carbocycles. The maximum atomic E-state index is 12.8. The number of thioether (sulfide) groups is 1. The van der Waals surface area contributed by atoms with Crippen molar-refractivity contribution in [2.75, 3.05) is 12.8 Å². The van der Waals surface area contributed by atoms with E-state index >= 15 is 0 Å². The molecule has 1 aromatic rings. The molecule has 0 aliphatic heterocycles. The fourth-order valence-electron chi connectivity index (χ4n) is 3.07. The summed E-state index contributed by atoms with van der Waals surface area (Å²) in [6.45, 7) is 2.43. The summed E-state index contributed by atoms with van der Waals surface area (Å²) in [4.78, 5) is 1.11. The van der Waals surface area contributed by atoms with Gasteiger partial charge in [-0.3, -0.25) is 0 Å². The first kappa shape index (κ1) is 19.8. The van der Waals surface area contributed by atoms with Crippen molar-refractivity contribution in [2.24, 2.45) is 11.7 Å². The first-order valence-corrected chi connectivity index (χ1v) is 10.0. The van der Waals surface area contributed by atoms with Crippen LogP contribution in [0.25, 0.3) is 0 Å². The first-order chi connectivity index (χ1) is 9.95. The van der Waals surface area contributed by atoms with E-state index in [1.54, 1.807) is 12.1 Å². The topological polar surface area (TPSA) is 72.2 Å². The summed E-state index contributed by atoms with van der Waals surface area (Å²) in [6.07, 6.45) is 5.88. The summed E-state index contributed by atoms with van der Waals surface area (Å²) < 4.78 is 28.6. The van der Waals surface area contributed by atoms with Crippen LogP contribution in [-0.4, -0.2) is 26.8 Å². The zero-order valence-corrected chi connectivity index (χ0v) is 15.5. The fourth-order valence-corrected chi connectivity index (χ4v) is 5.76. The molecule has 1 fully saturated rings. The second-order valence-corrected chi connectivity index (χ2v) is 8.26. The van der Waals surface area contributed by atoms with Gasteiger partial charge in [-0.15, -0.1) is 24.2 Å². The number of benzene rings is 1. The van der Waals surface area contributed by atoms with Crippen molar-refractivity contribution < 1.29 is 8.42 Å². The van der Waals surface area contributed by atoms with Crippen LogP contribution in [-0.2, 0) is 10.0 Å². The largest absolute Gasteiger partial charge is 0.329 e. The Balaban J connectivity index is 0.00000242. The third kappa shape index (κ3) is 3.97. The van der Waals surface area contributed by atoms with Gasteiger partial charge in [0.1, 0.15) is 0 Å². The van der Waals surface area contributed by atoms with E-state index in [1.807, 2.05) is 18.4 Å². The van der Waals surface area contributed by atoms with Crippen molar-refractivity contribution in [1.82, 2.24) is 4.72 Å². The molecular weight excluding hydrogens is 340 g/mol. The third-order valence-corrected chi connectivity index (χ3v) is 7.05. The summed E-state index contributed by atoms with van der Waals surface area (Å²) in [5.74, 6) is 0.257. The van der Waals surface area contributed by atoms with Gasteiger partial charge in [0.05, 0.1) is 4.90 Å². The second-order valence-electron chi connectivity index (χ2n) is 5.76. The van der Waals surface area contributed by atoms with Crippen LogP contribution in [0.3, 0.4) is 0 Å². The van der Waals surface area contributed by atoms with Gasteiger partial charge in [-0.05, 0) is 37.1 Å². The molecule has 3 N–H and O–H groups in total. The zero-order valence-electron chi connectivity index (χ0n) is 13.0. The van der Waals surface area contributed by atoms with Crippen molar-refractivity contribution in [3.63, 3.8) is 0 Å².